The first-order valence-electron chi connectivity index (χ1n) is 8.97. The number of hydrogen-bond acceptors (Lipinski definition) is 3. The molecule has 0 amide bonds. The number of allylic oxidation sites excluding steroid dienone is 4. The third-order valence-corrected chi connectivity index (χ3v) is 5.57. The van der Waals surface area contributed by atoms with Gasteiger partial charge in [-0.1, -0.05) is 29.8 Å². The Morgan fingerprint density at radius 1 is 1.20 bits per heavy atom. The number of fused-ring (bicyclic) bond motifs is 1. The summed E-state index contributed by atoms with van der Waals surface area (Å²) < 4.78 is 13.5. The van der Waals surface area contributed by atoms with Gasteiger partial charge < -0.3 is 16.0 Å². The molecule has 2 aliphatic heterocycles. The van der Waals surface area contributed by atoms with Crippen LogP contribution in [0.1, 0.15) is 18.4 Å². The van der Waals surface area contributed by atoms with Crippen molar-refractivity contribution in [3.8, 4) is 0 Å². The molecule has 1 aromatic rings. The third kappa shape index (κ3) is 3.60. The summed E-state index contributed by atoms with van der Waals surface area (Å²) in [5, 5.41) is 10.7. The van der Waals surface area contributed by atoms with Gasteiger partial charge in [-0.15, -0.1) is 0 Å². The second-order valence-electron chi connectivity index (χ2n) is 6.97. The number of piperidine rings is 1. The molecule has 0 bridgehead atoms. The average molecular weight is 360 g/mol. The van der Waals surface area contributed by atoms with Crippen LogP contribution in [0.5, 0.6) is 0 Å². The van der Waals surface area contributed by atoms with Crippen LogP contribution in [0.2, 0.25) is 5.02 Å². The van der Waals surface area contributed by atoms with Crippen LogP contribution in [0.4, 0.5) is 4.39 Å². The van der Waals surface area contributed by atoms with Crippen molar-refractivity contribution in [2.45, 2.75) is 18.9 Å². The van der Waals surface area contributed by atoms with Gasteiger partial charge in [-0.25, -0.2) is 4.39 Å². The first-order chi connectivity index (χ1) is 12.2. The Balaban J connectivity index is 1.65. The molecule has 0 spiro atoms. The van der Waals surface area contributed by atoms with Crippen LogP contribution in [0.15, 0.2) is 48.3 Å². The normalized spacial score (nSPS) is 26.3. The fourth-order valence-electron chi connectivity index (χ4n) is 3.87. The predicted octanol–water partition coefficient (Wildman–Crippen LogP) is 3.45. The Morgan fingerprint density at radius 3 is 2.84 bits per heavy atom. The van der Waals surface area contributed by atoms with E-state index in [9.17, 15) is 4.39 Å². The monoisotopic (exact) mass is 359 g/mol. The standard InChI is InChI=1S/C20H23ClFN3/c21-18-10-13(1-2-19(18)22)15-9-14-3-6-24-12-17(14)20(11-15)25-16-4-7-23-8-5-16/h1-3,6,9-11,14,16-17,23-25H,4-5,7-8,12H2. The molecule has 3 N–H and O–H groups in total. The molecule has 1 saturated heterocycles. The van der Waals surface area contributed by atoms with Gasteiger partial charge in [0.15, 0.2) is 0 Å². The Hall–Kier alpha value is -1.78. The topological polar surface area (TPSA) is 36.1 Å². The smallest absolute Gasteiger partial charge is 0.141 e. The lowest BCUT2D eigenvalue weighted by Crippen LogP contribution is -2.44. The third-order valence-electron chi connectivity index (χ3n) is 5.28. The van der Waals surface area contributed by atoms with Gasteiger partial charge in [0.1, 0.15) is 5.82 Å². The van der Waals surface area contributed by atoms with Crippen LogP contribution >= 0.6 is 11.6 Å². The number of halogens is 2. The van der Waals surface area contributed by atoms with Crippen LogP contribution in [-0.2, 0) is 0 Å². The van der Waals surface area contributed by atoms with Crippen LogP contribution in [0, 0.1) is 17.7 Å². The van der Waals surface area contributed by atoms with E-state index in [0.717, 1.165) is 43.6 Å². The summed E-state index contributed by atoms with van der Waals surface area (Å²) in [6, 6.07) is 5.47. The van der Waals surface area contributed by atoms with E-state index in [1.54, 1.807) is 12.1 Å². The molecule has 5 heteroatoms. The summed E-state index contributed by atoms with van der Waals surface area (Å²) in [7, 11) is 0. The highest BCUT2D eigenvalue weighted by atomic mass is 35.5. The fourth-order valence-corrected chi connectivity index (χ4v) is 4.05. The predicted molar refractivity (Wildman–Crippen MR) is 101 cm³/mol. The lowest BCUT2D eigenvalue weighted by molar-refractivity contribution is 0.372. The van der Waals surface area contributed by atoms with E-state index in [-0.39, 0.29) is 10.8 Å². The van der Waals surface area contributed by atoms with Gasteiger partial charge in [0.2, 0.25) is 0 Å². The van der Waals surface area contributed by atoms with Gasteiger partial charge in [-0.05, 0) is 61.5 Å². The van der Waals surface area contributed by atoms with Crippen molar-refractivity contribution >= 4 is 17.2 Å². The summed E-state index contributed by atoms with van der Waals surface area (Å²) in [4.78, 5) is 0. The highest BCUT2D eigenvalue weighted by Crippen LogP contribution is 2.35. The summed E-state index contributed by atoms with van der Waals surface area (Å²) in [6.45, 7) is 3.06. The molecule has 3 aliphatic rings. The molecule has 1 fully saturated rings. The minimum atomic E-state index is -0.376. The average Bonchev–Trinajstić information content (AvgIpc) is 2.65. The van der Waals surface area contributed by atoms with Crippen LogP contribution in [0.3, 0.4) is 0 Å². The van der Waals surface area contributed by atoms with E-state index in [2.05, 4.69) is 34.2 Å². The molecular formula is C20H23ClFN3. The van der Waals surface area contributed by atoms with Crippen molar-refractivity contribution in [1.29, 1.82) is 0 Å². The van der Waals surface area contributed by atoms with E-state index in [1.165, 1.54) is 11.8 Å². The maximum Gasteiger partial charge on any atom is 0.141 e. The van der Waals surface area contributed by atoms with Gasteiger partial charge in [0, 0.05) is 30.1 Å². The van der Waals surface area contributed by atoms with Gasteiger partial charge >= 0.3 is 0 Å². The Labute approximate surface area is 153 Å². The Morgan fingerprint density at radius 2 is 2.04 bits per heavy atom. The fraction of sp³-hybridized carbons (Fsp3) is 0.400. The Kier molecular flexibility index (Phi) is 4.82. The van der Waals surface area contributed by atoms with E-state index < -0.39 is 0 Å². The maximum absolute atomic E-state index is 13.5. The molecule has 1 aliphatic carbocycles. The summed E-state index contributed by atoms with van der Waals surface area (Å²) in [6.07, 6.45) is 11.0. The van der Waals surface area contributed by atoms with Crippen molar-refractivity contribution < 1.29 is 4.39 Å². The minimum absolute atomic E-state index is 0.169. The first-order valence-corrected chi connectivity index (χ1v) is 9.34. The van der Waals surface area contributed by atoms with Gasteiger partial charge in [-0.2, -0.15) is 0 Å². The molecule has 2 atom stereocenters. The molecule has 0 radical (unpaired) electrons. The lowest BCUT2D eigenvalue weighted by atomic mass is 9.79. The van der Waals surface area contributed by atoms with Crippen LogP contribution < -0.4 is 16.0 Å². The van der Waals surface area contributed by atoms with Crippen molar-refractivity contribution in [3.05, 3.63) is 64.7 Å². The van der Waals surface area contributed by atoms with E-state index in [0.29, 0.717) is 17.9 Å². The Bertz CT molecular complexity index is 734. The largest absolute Gasteiger partial charge is 0.390 e. The number of nitrogens with one attached hydrogen (secondary N) is 3. The van der Waals surface area contributed by atoms with Crippen molar-refractivity contribution in [2.24, 2.45) is 11.8 Å². The number of hydrogen-bond donors (Lipinski definition) is 3. The highest BCUT2D eigenvalue weighted by Gasteiger charge is 2.29. The van der Waals surface area contributed by atoms with E-state index in [1.807, 2.05) is 6.20 Å². The quantitative estimate of drug-likeness (QED) is 0.773. The second kappa shape index (κ2) is 7.22. The summed E-state index contributed by atoms with van der Waals surface area (Å²) >= 11 is 5.99. The van der Waals surface area contributed by atoms with E-state index in [4.69, 9.17) is 11.6 Å². The lowest BCUT2D eigenvalue weighted by Gasteiger charge is -2.36. The van der Waals surface area contributed by atoms with Crippen molar-refractivity contribution in [2.75, 3.05) is 19.6 Å². The summed E-state index contributed by atoms with van der Waals surface area (Å²) in [5.41, 5.74) is 3.33. The zero-order chi connectivity index (χ0) is 17.2. The van der Waals surface area contributed by atoms with Gasteiger partial charge in [0.05, 0.1) is 5.02 Å². The molecule has 25 heavy (non-hydrogen) atoms. The number of rotatable bonds is 3. The highest BCUT2D eigenvalue weighted by molar-refractivity contribution is 6.30. The first kappa shape index (κ1) is 16.7. The van der Waals surface area contributed by atoms with Gasteiger partial charge in [0.25, 0.3) is 0 Å². The molecule has 2 unspecified atom stereocenters. The van der Waals surface area contributed by atoms with E-state index >= 15 is 0 Å². The number of benzene rings is 1. The minimum Gasteiger partial charge on any atom is -0.390 e. The molecule has 132 valence electrons. The molecule has 4 rings (SSSR count). The molecular weight excluding hydrogens is 337 g/mol. The van der Waals surface area contributed by atoms with Crippen LogP contribution in [0.25, 0.3) is 5.57 Å². The molecule has 3 nitrogen and oxygen atoms in total. The zero-order valence-electron chi connectivity index (χ0n) is 14.1. The van der Waals surface area contributed by atoms with Crippen molar-refractivity contribution in [1.82, 2.24) is 16.0 Å². The molecule has 2 heterocycles. The SMILES string of the molecule is Fc1ccc(C2=CC3C=CNCC3C(NC3CCNCC3)=C2)cc1Cl. The van der Waals surface area contributed by atoms with Crippen molar-refractivity contribution in [3.63, 3.8) is 0 Å². The van der Waals surface area contributed by atoms with Crippen LogP contribution in [-0.4, -0.2) is 25.7 Å². The van der Waals surface area contributed by atoms with Gasteiger partial charge in [-0.3, -0.25) is 0 Å². The zero-order valence-corrected chi connectivity index (χ0v) is 14.8. The molecule has 0 saturated carbocycles. The maximum atomic E-state index is 13.5. The molecule has 1 aromatic carbocycles. The second-order valence-corrected chi connectivity index (χ2v) is 7.38. The summed E-state index contributed by atoms with van der Waals surface area (Å²) in [5.74, 6) is 0.382. The molecule has 0 aromatic heterocycles.